The van der Waals surface area contributed by atoms with Crippen LogP contribution in [0.2, 0.25) is 0 Å². The van der Waals surface area contributed by atoms with Crippen molar-refractivity contribution in [1.82, 2.24) is 30.8 Å². The maximum atomic E-state index is 14.1. The smallest absolute Gasteiger partial charge is 0.408 e. The van der Waals surface area contributed by atoms with Crippen LogP contribution >= 0.6 is 0 Å². The fraction of sp³-hybridized carbons (Fsp3) is 0.317. The van der Waals surface area contributed by atoms with E-state index in [2.05, 4.69) is 26.2 Å². The Hall–Kier alpha value is -6.04. The van der Waals surface area contributed by atoms with E-state index in [9.17, 15) is 14.4 Å². The maximum Gasteiger partial charge on any atom is 0.408 e. The monoisotopic (exact) mass is 717 g/mol. The second-order valence-corrected chi connectivity index (χ2v) is 14.4. The van der Waals surface area contributed by atoms with E-state index in [-0.39, 0.29) is 18.2 Å². The molecule has 0 saturated heterocycles. The second-order valence-electron chi connectivity index (χ2n) is 14.4. The molecular formula is C41H47N7O5. The van der Waals surface area contributed by atoms with Crippen LogP contribution in [0.1, 0.15) is 53.0 Å². The number of benzene rings is 4. The maximum absolute atomic E-state index is 14.1. The summed E-state index contributed by atoms with van der Waals surface area (Å²) in [5, 5.41) is 18.3. The zero-order chi connectivity index (χ0) is 38.2. The van der Waals surface area contributed by atoms with Crippen molar-refractivity contribution in [1.29, 1.82) is 0 Å². The minimum atomic E-state index is -0.921. The van der Waals surface area contributed by atoms with Crippen molar-refractivity contribution in [2.24, 2.45) is 0 Å². The van der Waals surface area contributed by atoms with Crippen molar-refractivity contribution in [3.63, 3.8) is 0 Å². The quantitative estimate of drug-likeness (QED) is 0.136. The van der Waals surface area contributed by atoms with Crippen LogP contribution in [0.5, 0.6) is 5.75 Å². The molecule has 0 bridgehead atoms. The number of alkyl carbamates (subject to hydrolysis) is 1. The third-order valence-electron chi connectivity index (χ3n) is 8.49. The standard InChI is InChI=1S/C41H47N7O5/c1-40(2,3)53-39(51)43-41(4,5)27-36(49)42-35(26-17-28-13-9-8-10-14-28)38(50)47(6)30-20-18-29(19-21-30)33-15-11-12-16-34(33)37-44-45-46-48(37)31-22-24-32(52-7)25-23-31/h8-16,18-25,35H,17,26-27H2,1-7H3,(H,42,49)(H,43,51)/t35-/m1/s1. The molecule has 0 radical (unpaired) electrons. The summed E-state index contributed by atoms with van der Waals surface area (Å²) in [6.45, 7) is 8.80. The molecule has 0 saturated carbocycles. The molecule has 3 amide bonds. The Morgan fingerprint density at radius 2 is 1.47 bits per heavy atom. The summed E-state index contributed by atoms with van der Waals surface area (Å²) in [5.41, 5.74) is 3.54. The van der Waals surface area contributed by atoms with E-state index in [0.717, 1.165) is 33.7 Å². The highest BCUT2D eigenvalue weighted by Crippen LogP contribution is 2.33. The van der Waals surface area contributed by atoms with Crippen LogP contribution in [0.3, 0.4) is 0 Å². The van der Waals surface area contributed by atoms with Gasteiger partial charge in [-0.2, -0.15) is 4.68 Å². The predicted octanol–water partition coefficient (Wildman–Crippen LogP) is 6.78. The molecule has 0 fully saturated rings. The predicted molar refractivity (Wildman–Crippen MR) is 205 cm³/mol. The van der Waals surface area contributed by atoms with E-state index < -0.39 is 23.3 Å². The fourth-order valence-electron chi connectivity index (χ4n) is 5.89. The fourth-order valence-corrected chi connectivity index (χ4v) is 5.89. The van der Waals surface area contributed by atoms with Crippen molar-refractivity contribution >= 4 is 23.6 Å². The lowest BCUT2D eigenvalue weighted by molar-refractivity contribution is -0.128. The molecule has 0 aliphatic carbocycles. The number of tetrazole rings is 1. The minimum absolute atomic E-state index is 0.0546. The van der Waals surface area contributed by atoms with E-state index in [1.54, 1.807) is 58.4 Å². The van der Waals surface area contributed by atoms with Crippen LogP contribution in [-0.4, -0.2) is 69.5 Å². The van der Waals surface area contributed by atoms with Crippen LogP contribution in [0.25, 0.3) is 28.2 Å². The Kier molecular flexibility index (Phi) is 11.9. The average molecular weight is 718 g/mol. The first kappa shape index (κ1) is 38.2. The molecule has 1 aromatic heterocycles. The van der Waals surface area contributed by atoms with Gasteiger partial charge in [0.2, 0.25) is 11.8 Å². The first-order valence-corrected chi connectivity index (χ1v) is 17.5. The van der Waals surface area contributed by atoms with Gasteiger partial charge in [-0.25, -0.2) is 4.79 Å². The lowest BCUT2D eigenvalue weighted by Crippen LogP contribution is -2.52. The van der Waals surface area contributed by atoms with Gasteiger partial charge in [0.15, 0.2) is 5.82 Å². The van der Waals surface area contributed by atoms with Crippen LogP contribution in [-0.2, 0) is 20.7 Å². The van der Waals surface area contributed by atoms with Crippen LogP contribution in [0.15, 0.2) is 103 Å². The van der Waals surface area contributed by atoms with E-state index in [0.29, 0.717) is 24.4 Å². The Morgan fingerprint density at radius 1 is 0.830 bits per heavy atom. The molecule has 276 valence electrons. The van der Waals surface area contributed by atoms with Gasteiger partial charge in [-0.05, 0) is 111 Å². The molecule has 0 unspecified atom stereocenters. The molecule has 1 heterocycles. The number of aromatic nitrogens is 4. The molecule has 0 aliphatic heterocycles. The molecule has 5 aromatic rings. The van der Waals surface area contributed by atoms with E-state index in [1.807, 2.05) is 103 Å². The summed E-state index contributed by atoms with van der Waals surface area (Å²) >= 11 is 0. The van der Waals surface area contributed by atoms with Gasteiger partial charge in [-0.15, -0.1) is 5.10 Å². The third-order valence-corrected chi connectivity index (χ3v) is 8.49. The average Bonchev–Trinajstić information content (AvgIpc) is 3.62. The largest absolute Gasteiger partial charge is 0.497 e. The molecule has 12 nitrogen and oxygen atoms in total. The first-order valence-electron chi connectivity index (χ1n) is 17.5. The summed E-state index contributed by atoms with van der Waals surface area (Å²) < 4.78 is 12.4. The van der Waals surface area contributed by atoms with Gasteiger partial charge < -0.3 is 25.0 Å². The number of amides is 3. The number of methoxy groups -OCH3 is 1. The number of anilines is 1. The van der Waals surface area contributed by atoms with Crippen molar-refractivity contribution in [2.45, 2.75) is 71.1 Å². The van der Waals surface area contributed by atoms with Gasteiger partial charge in [0, 0.05) is 30.3 Å². The van der Waals surface area contributed by atoms with Gasteiger partial charge in [0.05, 0.1) is 12.8 Å². The Balaban J connectivity index is 1.34. The normalized spacial score (nSPS) is 12.1. The number of carbonyl (C=O) groups excluding carboxylic acids is 3. The first-order chi connectivity index (χ1) is 25.2. The number of aryl methyl sites for hydroxylation is 1. The van der Waals surface area contributed by atoms with E-state index in [1.165, 1.54) is 0 Å². The molecule has 5 rings (SSSR count). The molecule has 12 heteroatoms. The Bertz CT molecular complexity index is 2000. The Morgan fingerprint density at radius 3 is 2.11 bits per heavy atom. The van der Waals surface area contributed by atoms with Gasteiger partial charge >= 0.3 is 6.09 Å². The van der Waals surface area contributed by atoms with Crippen LogP contribution in [0.4, 0.5) is 10.5 Å². The molecule has 1 atom stereocenters. The number of nitrogens with zero attached hydrogens (tertiary/aromatic N) is 5. The lowest BCUT2D eigenvalue weighted by Gasteiger charge is -2.29. The number of carbonyl (C=O) groups is 3. The van der Waals surface area contributed by atoms with Crippen molar-refractivity contribution in [3.8, 4) is 34.0 Å². The van der Waals surface area contributed by atoms with E-state index >= 15 is 0 Å². The molecule has 4 aromatic carbocycles. The Labute approximate surface area is 310 Å². The van der Waals surface area contributed by atoms with Crippen molar-refractivity contribution in [3.05, 3.63) is 109 Å². The molecule has 2 N–H and O–H groups in total. The second kappa shape index (κ2) is 16.5. The molecule has 0 spiro atoms. The van der Waals surface area contributed by atoms with E-state index in [4.69, 9.17) is 9.47 Å². The number of hydrogen-bond donors (Lipinski definition) is 2. The molecule has 0 aliphatic rings. The summed E-state index contributed by atoms with van der Waals surface area (Å²) in [4.78, 5) is 41.5. The van der Waals surface area contributed by atoms with Crippen molar-refractivity contribution < 1.29 is 23.9 Å². The van der Waals surface area contributed by atoms with Crippen molar-refractivity contribution in [2.75, 3.05) is 19.1 Å². The molecular weight excluding hydrogens is 670 g/mol. The number of ether oxygens (including phenoxy) is 2. The van der Waals surface area contributed by atoms with Gasteiger partial charge in [0.25, 0.3) is 0 Å². The number of likely N-dealkylation sites (N-methyl/N-ethyl adjacent to an activating group) is 1. The summed E-state index contributed by atoms with van der Waals surface area (Å²) in [7, 11) is 3.32. The van der Waals surface area contributed by atoms with Gasteiger partial charge in [-0.1, -0.05) is 66.7 Å². The van der Waals surface area contributed by atoms with Crippen LogP contribution in [0, 0.1) is 0 Å². The number of nitrogens with one attached hydrogen (secondary N) is 2. The summed E-state index contributed by atoms with van der Waals surface area (Å²) in [5.74, 6) is 0.672. The summed E-state index contributed by atoms with van der Waals surface area (Å²) in [6, 6.07) is 32.0. The highest BCUT2D eigenvalue weighted by Gasteiger charge is 2.30. The zero-order valence-corrected chi connectivity index (χ0v) is 31.3. The lowest BCUT2D eigenvalue weighted by atomic mass is 9.98. The zero-order valence-electron chi connectivity index (χ0n) is 31.3. The summed E-state index contributed by atoms with van der Waals surface area (Å²) in [6.07, 6.45) is 0.290. The highest BCUT2D eigenvalue weighted by atomic mass is 16.6. The third kappa shape index (κ3) is 10.3. The molecule has 53 heavy (non-hydrogen) atoms. The SMILES string of the molecule is COc1ccc(-n2nnnc2-c2ccccc2-c2ccc(N(C)C(=O)[C@@H](CCc3ccccc3)NC(=O)CC(C)(C)NC(=O)OC(C)(C)C)cc2)cc1. The highest BCUT2D eigenvalue weighted by molar-refractivity contribution is 5.99. The van der Waals surface area contributed by atoms with Crippen LogP contribution < -0.4 is 20.3 Å². The topological polar surface area (TPSA) is 141 Å². The van der Waals surface area contributed by atoms with Gasteiger partial charge in [0.1, 0.15) is 17.4 Å². The van der Waals surface area contributed by atoms with Gasteiger partial charge in [-0.3, -0.25) is 9.59 Å². The number of hydrogen-bond acceptors (Lipinski definition) is 8. The number of rotatable bonds is 13. The minimum Gasteiger partial charge on any atom is -0.497 e.